The summed E-state index contributed by atoms with van der Waals surface area (Å²) in [6.45, 7) is 4.18. The third-order valence-corrected chi connectivity index (χ3v) is 8.06. The number of methoxy groups -OCH3 is 2. The highest BCUT2D eigenvalue weighted by atomic mass is 16.5. The summed E-state index contributed by atoms with van der Waals surface area (Å²) >= 11 is 0. The van der Waals surface area contributed by atoms with Gasteiger partial charge in [0.25, 0.3) is 0 Å². The first-order valence-corrected chi connectivity index (χ1v) is 16.7. The summed E-state index contributed by atoms with van der Waals surface area (Å²) in [5.41, 5.74) is 2.69. The van der Waals surface area contributed by atoms with Gasteiger partial charge in [0.2, 0.25) is 0 Å². The van der Waals surface area contributed by atoms with E-state index < -0.39 is 11.9 Å². The molecule has 20 heteroatoms. The van der Waals surface area contributed by atoms with Gasteiger partial charge in [0, 0.05) is 34.3 Å². The zero-order valence-corrected chi connectivity index (χ0v) is 30.4. The van der Waals surface area contributed by atoms with Crippen molar-refractivity contribution in [3.8, 4) is 11.6 Å². The Morgan fingerprint density at radius 1 is 0.712 bits per heavy atom. The van der Waals surface area contributed by atoms with Gasteiger partial charge in [-0.25, -0.2) is 28.9 Å². The molecule has 52 heavy (non-hydrogen) atoms. The highest BCUT2D eigenvalue weighted by molar-refractivity contribution is 5.94. The first-order valence-electron chi connectivity index (χ1n) is 16.7. The van der Waals surface area contributed by atoms with E-state index >= 15 is 0 Å². The number of hydrogen-bond donors (Lipinski definition) is 2. The highest BCUT2D eigenvalue weighted by Gasteiger charge is 2.24. The van der Waals surface area contributed by atoms with Crippen molar-refractivity contribution in [3.63, 3.8) is 0 Å². The molecule has 5 rings (SSSR count). The van der Waals surface area contributed by atoms with Crippen LogP contribution < -0.4 is 10.6 Å². The van der Waals surface area contributed by atoms with Crippen LogP contribution in [0.5, 0.6) is 0 Å². The van der Waals surface area contributed by atoms with Crippen molar-refractivity contribution < 1.29 is 19.1 Å². The van der Waals surface area contributed by atoms with Gasteiger partial charge in [0.15, 0.2) is 46.3 Å². The van der Waals surface area contributed by atoms with Gasteiger partial charge in [0.05, 0.1) is 38.0 Å². The number of ether oxygens (including phenoxy) is 2. The zero-order chi connectivity index (χ0) is 37.4. The van der Waals surface area contributed by atoms with Crippen molar-refractivity contribution >= 4 is 46.6 Å². The van der Waals surface area contributed by atoms with E-state index in [1.54, 1.807) is 43.6 Å². The van der Waals surface area contributed by atoms with Gasteiger partial charge in [-0.3, -0.25) is 0 Å². The second kappa shape index (κ2) is 16.6. The third-order valence-electron chi connectivity index (χ3n) is 8.06. The smallest absolute Gasteiger partial charge is 0.343 e. The molecule has 0 radical (unpaired) electrons. The first-order chi connectivity index (χ1) is 25.2. The minimum Gasteiger partial charge on any atom is -0.465 e. The third kappa shape index (κ3) is 7.39. The summed E-state index contributed by atoms with van der Waals surface area (Å²) in [7, 11) is 9.42. The van der Waals surface area contributed by atoms with E-state index in [0.29, 0.717) is 58.9 Å². The van der Waals surface area contributed by atoms with Crippen LogP contribution in [0.15, 0.2) is 45.2 Å². The van der Waals surface area contributed by atoms with Crippen LogP contribution in [0.25, 0.3) is 11.6 Å². The minimum atomic E-state index is -0.573. The number of hydrogen-bond acceptors (Lipinski definition) is 16. The van der Waals surface area contributed by atoms with E-state index in [9.17, 15) is 9.59 Å². The van der Waals surface area contributed by atoms with Crippen LogP contribution in [0, 0.1) is 0 Å². The molecule has 5 heterocycles. The lowest BCUT2D eigenvalue weighted by molar-refractivity contribution is 0.0592. The summed E-state index contributed by atoms with van der Waals surface area (Å²) < 4.78 is 15.9. The number of nitrogens with one attached hydrogen (secondary N) is 2. The average Bonchev–Trinajstić information content (AvgIpc) is 3.92. The maximum atomic E-state index is 12.3. The number of anilines is 2. The highest BCUT2D eigenvalue weighted by Crippen LogP contribution is 2.37. The number of esters is 2. The van der Waals surface area contributed by atoms with Gasteiger partial charge in [-0.1, -0.05) is 26.7 Å². The van der Waals surface area contributed by atoms with E-state index in [2.05, 4.69) is 65.1 Å². The van der Waals surface area contributed by atoms with E-state index in [-0.39, 0.29) is 22.8 Å². The topological polar surface area (TPSA) is 223 Å². The Bertz CT molecular complexity index is 1960. The number of aryl methyl sites for hydroxylation is 4. The summed E-state index contributed by atoms with van der Waals surface area (Å²) in [6, 6.07) is 1.74. The van der Waals surface area contributed by atoms with E-state index in [1.807, 2.05) is 0 Å². The molecule has 0 unspecified atom stereocenters. The molecule has 0 aliphatic carbocycles. The molecule has 0 saturated heterocycles. The molecule has 20 nitrogen and oxygen atoms in total. The SMILES string of the molecule is CCCCc1nn(-c2cc(-n3nc(CCCC)c(N=Nc4c(C(=O)OC)cnn4C)c3NC)ncn2)c(NC)c1N=Nc1c(C(=O)OC)cnn1C. The maximum absolute atomic E-state index is 12.3. The van der Waals surface area contributed by atoms with Crippen LogP contribution in [0.1, 0.15) is 71.6 Å². The second-order valence-electron chi connectivity index (χ2n) is 11.4. The molecule has 5 aromatic heterocycles. The molecule has 0 amide bonds. The molecule has 0 aliphatic heterocycles. The fraction of sp³-hybridized carbons (Fsp3) is 0.438. The molecular formula is C32H42N16O4. The largest absolute Gasteiger partial charge is 0.465 e. The molecule has 274 valence electrons. The number of nitrogens with zero attached hydrogens (tertiary/aromatic N) is 14. The monoisotopic (exact) mass is 714 g/mol. The van der Waals surface area contributed by atoms with Gasteiger partial charge >= 0.3 is 11.9 Å². The van der Waals surface area contributed by atoms with Crippen LogP contribution in [0.3, 0.4) is 0 Å². The van der Waals surface area contributed by atoms with Crippen LogP contribution in [0.2, 0.25) is 0 Å². The fourth-order valence-corrected chi connectivity index (χ4v) is 5.30. The van der Waals surface area contributed by atoms with Crippen molar-refractivity contribution in [1.82, 2.24) is 49.1 Å². The lowest BCUT2D eigenvalue weighted by Gasteiger charge is -2.09. The Kier molecular flexibility index (Phi) is 11.8. The normalized spacial score (nSPS) is 11.5. The van der Waals surface area contributed by atoms with Crippen molar-refractivity contribution in [2.24, 2.45) is 34.6 Å². The lowest BCUT2D eigenvalue weighted by Crippen LogP contribution is -2.09. The quantitative estimate of drug-likeness (QED) is 0.0957. The van der Waals surface area contributed by atoms with E-state index in [0.717, 1.165) is 25.7 Å². The lowest BCUT2D eigenvalue weighted by atomic mass is 10.2. The zero-order valence-electron chi connectivity index (χ0n) is 30.4. The molecule has 0 bridgehead atoms. The number of carbonyl (C=O) groups is 2. The minimum absolute atomic E-state index is 0.184. The van der Waals surface area contributed by atoms with Gasteiger partial charge in [-0.05, 0) is 25.7 Å². The molecule has 0 spiro atoms. The number of rotatable bonds is 16. The first kappa shape index (κ1) is 36.9. The predicted octanol–water partition coefficient (Wildman–Crippen LogP) is 5.49. The Balaban J connectivity index is 1.60. The molecular weight excluding hydrogens is 672 g/mol. The standard InChI is InChI=1S/C32H42N16O4/c1-9-11-13-21-25(39-41-27-19(31(49)51-7)16-37-45(27)5)29(33-3)47(43-21)23-15-24(36-18-35-23)48-30(34-4)26(22(44-48)14-12-10-2)40-42-28-20(32(50)52-8)17-38-46(28)6/h15-18,33-34H,9-14H2,1-8H3. The van der Waals surface area contributed by atoms with E-state index in [4.69, 9.17) is 19.7 Å². The maximum Gasteiger partial charge on any atom is 0.343 e. The van der Waals surface area contributed by atoms with Crippen LogP contribution >= 0.6 is 0 Å². The summed E-state index contributed by atoms with van der Waals surface area (Å²) in [4.78, 5) is 33.8. The van der Waals surface area contributed by atoms with Crippen molar-refractivity contribution in [3.05, 3.63) is 47.3 Å². The molecule has 5 aromatic rings. The molecule has 0 aromatic carbocycles. The molecule has 2 N–H and O–H groups in total. The van der Waals surface area contributed by atoms with Gasteiger partial charge in [0.1, 0.15) is 17.5 Å². The predicted molar refractivity (Wildman–Crippen MR) is 190 cm³/mol. The van der Waals surface area contributed by atoms with Crippen molar-refractivity contribution in [2.75, 3.05) is 38.9 Å². The Labute approximate surface area is 299 Å². The van der Waals surface area contributed by atoms with E-state index in [1.165, 1.54) is 42.3 Å². The van der Waals surface area contributed by atoms with Crippen LogP contribution in [-0.4, -0.2) is 89.3 Å². The average molecular weight is 715 g/mol. The molecule has 0 saturated carbocycles. The van der Waals surface area contributed by atoms with Crippen LogP contribution in [-0.2, 0) is 36.4 Å². The number of unbranched alkanes of at least 4 members (excludes halogenated alkanes) is 2. The summed E-state index contributed by atoms with van der Waals surface area (Å²) in [6.07, 6.45) is 9.00. The molecule has 0 aliphatic rings. The Morgan fingerprint density at radius 3 is 1.50 bits per heavy atom. The number of azo groups is 2. The Morgan fingerprint density at radius 2 is 1.13 bits per heavy atom. The second-order valence-corrected chi connectivity index (χ2v) is 11.4. The molecule has 0 fully saturated rings. The number of carbonyl (C=O) groups excluding carboxylic acids is 2. The van der Waals surface area contributed by atoms with Crippen molar-refractivity contribution in [2.45, 2.75) is 52.4 Å². The van der Waals surface area contributed by atoms with Gasteiger partial charge < -0.3 is 20.1 Å². The fourth-order valence-electron chi connectivity index (χ4n) is 5.30. The Hall–Kier alpha value is -6.34. The van der Waals surface area contributed by atoms with Gasteiger partial charge in [-0.15, -0.1) is 20.5 Å². The molecule has 0 atom stereocenters. The van der Waals surface area contributed by atoms with Gasteiger partial charge in [-0.2, -0.15) is 29.8 Å². The summed E-state index contributed by atoms with van der Waals surface area (Å²) in [5.74, 6) is 1.23. The van der Waals surface area contributed by atoms with Crippen LogP contribution in [0.4, 0.5) is 34.6 Å². The summed E-state index contributed by atoms with van der Waals surface area (Å²) in [5, 5.41) is 42.4. The van der Waals surface area contributed by atoms with Crippen molar-refractivity contribution in [1.29, 1.82) is 0 Å². The number of aromatic nitrogens is 10.